The lowest BCUT2D eigenvalue weighted by Gasteiger charge is -2.46. The van der Waals surface area contributed by atoms with Gasteiger partial charge in [0.2, 0.25) is 0 Å². The molecule has 5 heterocycles. The lowest BCUT2D eigenvalue weighted by atomic mass is 9.81. The van der Waals surface area contributed by atoms with Gasteiger partial charge in [-0.1, -0.05) is 12.1 Å². The van der Waals surface area contributed by atoms with Crippen molar-refractivity contribution >= 4 is 28.5 Å². The van der Waals surface area contributed by atoms with Gasteiger partial charge < -0.3 is 14.3 Å². The summed E-state index contributed by atoms with van der Waals surface area (Å²) in [6.45, 7) is 0. The van der Waals surface area contributed by atoms with Crippen LogP contribution in [0.1, 0.15) is 29.0 Å². The Kier molecular flexibility index (Phi) is 3.76. The average molecular weight is 391 g/mol. The van der Waals surface area contributed by atoms with Gasteiger partial charge in [0.25, 0.3) is 0 Å². The molecule has 6 heteroatoms. The third-order valence-electron chi connectivity index (χ3n) is 6.81. The number of ether oxygens (including phenoxy) is 1. The quantitative estimate of drug-likeness (QED) is 0.631. The number of ketones is 1. The maximum Gasteiger partial charge on any atom is 0.192 e. The number of fused-ring (bicyclic) bond motifs is 5. The first-order valence-corrected chi connectivity index (χ1v) is 11.0. The van der Waals surface area contributed by atoms with Crippen LogP contribution in [0, 0.1) is 5.92 Å². The summed E-state index contributed by atoms with van der Waals surface area (Å²) in [6.07, 6.45) is 3.26. The van der Waals surface area contributed by atoms with Crippen LogP contribution in [0.15, 0.2) is 35.0 Å². The van der Waals surface area contributed by atoms with E-state index < -0.39 is 5.60 Å². The van der Waals surface area contributed by atoms with Gasteiger partial charge in [-0.15, -0.1) is 22.7 Å². The van der Waals surface area contributed by atoms with Crippen molar-refractivity contribution < 1.29 is 19.1 Å². The largest absolute Gasteiger partial charge is 0.372 e. The highest BCUT2D eigenvalue weighted by atomic mass is 32.1. The van der Waals surface area contributed by atoms with Gasteiger partial charge in [0, 0.05) is 29.0 Å². The smallest absolute Gasteiger partial charge is 0.192 e. The summed E-state index contributed by atoms with van der Waals surface area (Å²) in [5.41, 5.74) is -1.50. The fourth-order valence-electron chi connectivity index (χ4n) is 5.29. The maximum absolute atomic E-state index is 13.3. The van der Waals surface area contributed by atoms with E-state index in [1.165, 1.54) is 22.7 Å². The van der Waals surface area contributed by atoms with Gasteiger partial charge >= 0.3 is 0 Å². The highest BCUT2D eigenvalue weighted by molar-refractivity contribution is 7.12. The zero-order valence-electron chi connectivity index (χ0n) is 15.0. The Morgan fingerprint density at radius 2 is 1.69 bits per heavy atom. The Bertz CT molecular complexity index is 760. The van der Waals surface area contributed by atoms with Crippen molar-refractivity contribution in [2.45, 2.75) is 49.2 Å². The molecule has 0 aliphatic carbocycles. The molecule has 3 fully saturated rings. The molecule has 0 spiro atoms. The molecule has 3 aliphatic heterocycles. The van der Waals surface area contributed by atoms with E-state index >= 15 is 0 Å². The number of rotatable bonds is 5. The number of epoxide rings is 1. The molecular weight excluding hydrogens is 366 g/mol. The number of Topliss-reactive ketones (excluding diaryl/α,β-unsaturated/α-hetero) is 1. The second kappa shape index (κ2) is 5.72. The zero-order chi connectivity index (χ0) is 18.1. The fraction of sp³-hybridized carbons (Fsp3) is 0.550. The molecule has 3 aliphatic rings. The topological polar surface area (TPSA) is 49.8 Å². The summed E-state index contributed by atoms with van der Waals surface area (Å²) in [5, 5.41) is 15.3. The molecule has 2 bridgehead atoms. The van der Waals surface area contributed by atoms with Gasteiger partial charge in [0.15, 0.2) is 11.4 Å². The highest BCUT2D eigenvalue weighted by Crippen LogP contribution is 2.53. The molecule has 0 unspecified atom stereocenters. The normalized spacial score (nSPS) is 34.5. The number of carbonyl (C=O) groups is 1. The fourth-order valence-corrected chi connectivity index (χ4v) is 7.07. The Hall–Kier alpha value is -1.05. The first-order chi connectivity index (χ1) is 12.4. The van der Waals surface area contributed by atoms with Crippen LogP contribution in [0.2, 0.25) is 0 Å². The molecule has 1 N–H and O–H groups in total. The summed E-state index contributed by atoms with van der Waals surface area (Å²) < 4.78 is 6.88. The van der Waals surface area contributed by atoms with E-state index in [9.17, 15) is 9.90 Å². The number of piperidine rings is 1. The Balaban J connectivity index is 1.40. The van der Waals surface area contributed by atoms with Crippen molar-refractivity contribution in [3.8, 4) is 0 Å². The van der Waals surface area contributed by atoms with Crippen LogP contribution >= 0.6 is 22.7 Å². The standard InChI is InChI=1S/C20H24NO3S2/c1-21(2)13-9-12(10-14(21)19-18(13)24-19)11-15(22)20(23,16-5-3-7-25-16)17-6-4-8-26-17/h3-8,12-14,18-19,23H,9-11H2,1-2H3/q+1/t13-,14-,18-,19-/m1/s1. The van der Waals surface area contributed by atoms with Crippen LogP contribution in [0.5, 0.6) is 0 Å². The summed E-state index contributed by atoms with van der Waals surface area (Å²) in [6, 6.07) is 8.53. The first kappa shape index (κ1) is 17.1. The van der Waals surface area contributed by atoms with E-state index in [2.05, 4.69) is 14.1 Å². The molecule has 4 nitrogen and oxygen atoms in total. The van der Waals surface area contributed by atoms with Crippen molar-refractivity contribution in [2.24, 2.45) is 5.92 Å². The van der Waals surface area contributed by atoms with Crippen molar-refractivity contribution in [1.82, 2.24) is 0 Å². The molecule has 0 amide bonds. The summed E-state index contributed by atoms with van der Waals surface area (Å²) >= 11 is 2.90. The van der Waals surface area contributed by atoms with E-state index in [-0.39, 0.29) is 5.78 Å². The van der Waals surface area contributed by atoms with Crippen LogP contribution in [0.3, 0.4) is 0 Å². The molecule has 26 heavy (non-hydrogen) atoms. The molecule has 4 atom stereocenters. The van der Waals surface area contributed by atoms with Crippen molar-refractivity contribution in [3.05, 3.63) is 44.8 Å². The number of morpholine rings is 1. The molecule has 3 saturated heterocycles. The third kappa shape index (κ3) is 2.33. The van der Waals surface area contributed by atoms with Crippen molar-refractivity contribution in [2.75, 3.05) is 14.1 Å². The number of aliphatic hydroxyl groups is 1. The lowest BCUT2D eigenvalue weighted by molar-refractivity contribution is -0.938. The number of carbonyl (C=O) groups excluding carboxylic acids is 1. The van der Waals surface area contributed by atoms with E-state index in [0.717, 1.165) is 27.1 Å². The minimum Gasteiger partial charge on any atom is -0.372 e. The number of thiophene rings is 2. The molecule has 0 aromatic carbocycles. The van der Waals surface area contributed by atoms with Gasteiger partial charge in [-0.2, -0.15) is 0 Å². The van der Waals surface area contributed by atoms with Crippen LogP contribution in [0.4, 0.5) is 0 Å². The monoisotopic (exact) mass is 390 g/mol. The van der Waals surface area contributed by atoms with E-state index in [4.69, 9.17) is 4.74 Å². The Labute approximate surface area is 161 Å². The molecule has 2 aromatic heterocycles. The predicted octanol–water partition coefficient (Wildman–Crippen LogP) is 3.01. The Morgan fingerprint density at radius 1 is 1.15 bits per heavy atom. The second-order valence-electron chi connectivity index (χ2n) is 8.46. The summed E-state index contributed by atoms with van der Waals surface area (Å²) in [4.78, 5) is 14.8. The number of likely N-dealkylation sites (N-methyl/N-ethyl adjacent to an activating group) is 1. The van der Waals surface area contributed by atoms with Crippen LogP contribution in [0.25, 0.3) is 0 Å². The number of nitrogens with zero attached hydrogens (tertiary/aromatic N) is 1. The number of hydrogen-bond acceptors (Lipinski definition) is 5. The van der Waals surface area contributed by atoms with E-state index in [0.29, 0.717) is 36.6 Å². The minimum atomic E-state index is -1.50. The molecule has 5 rings (SSSR count). The van der Waals surface area contributed by atoms with Gasteiger partial charge in [0.1, 0.15) is 24.3 Å². The van der Waals surface area contributed by atoms with Crippen LogP contribution in [-0.2, 0) is 15.1 Å². The van der Waals surface area contributed by atoms with Gasteiger partial charge in [-0.25, -0.2) is 0 Å². The van der Waals surface area contributed by atoms with E-state index in [1.54, 1.807) is 0 Å². The van der Waals surface area contributed by atoms with Gasteiger partial charge in [0.05, 0.1) is 14.1 Å². The zero-order valence-corrected chi connectivity index (χ0v) is 16.6. The SMILES string of the molecule is C[N+]1(C)[C@@H]2CC(CC(=O)C(O)(c3cccs3)c3cccs3)C[C@@H]1[C@H]1O[C@@H]12. The Morgan fingerprint density at radius 3 is 2.15 bits per heavy atom. The number of quaternary nitrogens is 1. The minimum absolute atomic E-state index is 0.0615. The molecule has 138 valence electrons. The average Bonchev–Trinajstić information content (AvgIpc) is 2.98. The molecule has 0 saturated carbocycles. The molecular formula is C20H24NO3S2+. The van der Waals surface area contributed by atoms with E-state index in [1.807, 2.05) is 35.0 Å². The third-order valence-corrected chi connectivity index (χ3v) is 8.77. The van der Waals surface area contributed by atoms with Crippen LogP contribution in [-0.4, -0.2) is 53.8 Å². The molecule has 2 aromatic rings. The summed E-state index contributed by atoms with van der Waals surface area (Å²) in [5.74, 6) is 0.278. The predicted molar refractivity (Wildman–Crippen MR) is 102 cm³/mol. The summed E-state index contributed by atoms with van der Waals surface area (Å²) in [7, 11) is 4.60. The first-order valence-electron chi connectivity index (χ1n) is 9.25. The van der Waals surface area contributed by atoms with Crippen molar-refractivity contribution in [3.63, 3.8) is 0 Å². The second-order valence-corrected chi connectivity index (χ2v) is 10.4. The van der Waals surface area contributed by atoms with Gasteiger partial charge in [-0.3, -0.25) is 4.79 Å². The van der Waals surface area contributed by atoms with Gasteiger partial charge in [-0.05, 0) is 28.8 Å². The number of hydrogen-bond donors (Lipinski definition) is 1. The highest BCUT2D eigenvalue weighted by Gasteiger charge is 2.70. The van der Waals surface area contributed by atoms with Crippen molar-refractivity contribution in [1.29, 1.82) is 0 Å². The van der Waals surface area contributed by atoms with Crippen LogP contribution < -0.4 is 0 Å². The lowest BCUT2D eigenvalue weighted by Crippen LogP contribution is -2.58. The maximum atomic E-state index is 13.3. The molecule has 0 radical (unpaired) electrons.